The van der Waals surface area contributed by atoms with Crippen LogP contribution in [0.2, 0.25) is 10.0 Å². The van der Waals surface area contributed by atoms with Gasteiger partial charge in [-0.2, -0.15) is 8.78 Å². The third-order valence-electron chi connectivity index (χ3n) is 2.83. The van der Waals surface area contributed by atoms with E-state index >= 15 is 0 Å². The summed E-state index contributed by atoms with van der Waals surface area (Å²) in [4.78, 5) is 4.22. The van der Waals surface area contributed by atoms with Crippen LogP contribution in [0.4, 0.5) is 14.5 Å². The zero-order valence-corrected chi connectivity index (χ0v) is 12.8. The summed E-state index contributed by atoms with van der Waals surface area (Å²) in [5, 5.41) is 3.17. The van der Waals surface area contributed by atoms with Gasteiger partial charge in [-0.1, -0.05) is 23.2 Å². The summed E-state index contributed by atoms with van der Waals surface area (Å²) < 4.78 is 30.7. The SMILES string of the molecule is CC(Nc1cc(Cl)c(OC(F)F)c(Cl)c1)c1nccn1C. The third-order valence-corrected chi connectivity index (χ3v) is 3.40. The molecule has 0 amide bonds. The maximum Gasteiger partial charge on any atom is 0.387 e. The first-order valence-corrected chi connectivity index (χ1v) is 6.81. The van der Waals surface area contributed by atoms with Crippen molar-refractivity contribution < 1.29 is 13.5 Å². The van der Waals surface area contributed by atoms with E-state index in [1.807, 2.05) is 24.7 Å². The number of aryl methyl sites for hydroxylation is 1. The molecular weight excluding hydrogens is 323 g/mol. The van der Waals surface area contributed by atoms with Crippen LogP contribution in [-0.4, -0.2) is 16.2 Å². The number of nitrogens with one attached hydrogen (secondary N) is 1. The molecular formula is C13H13Cl2F2N3O. The number of hydrogen-bond donors (Lipinski definition) is 1. The van der Waals surface area contributed by atoms with Crippen molar-refractivity contribution in [2.24, 2.45) is 7.05 Å². The van der Waals surface area contributed by atoms with Crippen LogP contribution in [0.15, 0.2) is 24.5 Å². The quantitative estimate of drug-likeness (QED) is 0.874. The largest absolute Gasteiger partial charge is 0.432 e. The van der Waals surface area contributed by atoms with E-state index in [2.05, 4.69) is 15.0 Å². The monoisotopic (exact) mass is 335 g/mol. The molecule has 8 heteroatoms. The van der Waals surface area contributed by atoms with Crippen LogP contribution < -0.4 is 10.1 Å². The van der Waals surface area contributed by atoms with Gasteiger partial charge in [-0.05, 0) is 19.1 Å². The van der Waals surface area contributed by atoms with Gasteiger partial charge in [-0.15, -0.1) is 0 Å². The van der Waals surface area contributed by atoms with E-state index in [1.54, 1.807) is 6.20 Å². The fourth-order valence-corrected chi connectivity index (χ4v) is 2.53. The van der Waals surface area contributed by atoms with Crippen LogP contribution in [0, 0.1) is 0 Å². The minimum atomic E-state index is -2.98. The summed E-state index contributed by atoms with van der Waals surface area (Å²) in [6.07, 6.45) is 3.51. The van der Waals surface area contributed by atoms with Gasteiger partial charge in [0, 0.05) is 25.1 Å². The number of benzene rings is 1. The standard InChI is InChI=1S/C13H13Cl2F2N3O/c1-7(12-18-3-4-20(12)2)19-8-5-9(14)11(10(15)6-8)21-13(16)17/h3-7,13,19H,1-2H3. The highest BCUT2D eigenvalue weighted by Gasteiger charge is 2.16. The van der Waals surface area contributed by atoms with E-state index in [-0.39, 0.29) is 21.8 Å². The Labute approximate surface area is 130 Å². The van der Waals surface area contributed by atoms with Gasteiger partial charge in [0.15, 0.2) is 5.75 Å². The summed E-state index contributed by atoms with van der Waals surface area (Å²) >= 11 is 11.8. The molecule has 21 heavy (non-hydrogen) atoms. The number of ether oxygens (including phenoxy) is 1. The molecule has 2 rings (SSSR count). The van der Waals surface area contributed by atoms with E-state index in [0.717, 1.165) is 5.82 Å². The number of alkyl halides is 2. The highest BCUT2D eigenvalue weighted by molar-refractivity contribution is 6.37. The van der Waals surface area contributed by atoms with Crippen molar-refractivity contribution in [1.82, 2.24) is 9.55 Å². The average molecular weight is 336 g/mol. The van der Waals surface area contributed by atoms with Gasteiger partial charge in [-0.25, -0.2) is 4.98 Å². The lowest BCUT2D eigenvalue weighted by Gasteiger charge is -2.17. The van der Waals surface area contributed by atoms with Crippen molar-refractivity contribution in [2.75, 3.05) is 5.32 Å². The lowest BCUT2D eigenvalue weighted by atomic mass is 10.2. The highest BCUT2D eigenvalue weighted by atomic mass is 35.5. The second-order valence-electron chi connectivity index (χ2n) is 4.41. The minimum Gasteiger partial charge on any atom is -0.432 e. The molecule has 0 bridgehead atoms. The van der Waals surface area contributed by atoms with Crippen LogP contribution in [0.3, 0.4) is 0 Å². The van der Waals surface area contributed by atoms with Crippen LogP contribution in [-0.2, 0) is 7.05 Å². The second kappa shape index (κ2) is 6.49. The number of rotatable bonds is 5. The molecule has 1 heterocycles. The Kier molecular flexibility index (Phi) is 4.90. The summed E-state index contributed by atoms with van der Waals surface area (Å²) in [6.45, 7) is -1.07. The zero-order valence-electron chi connectivity index (χ0n) is 11.3. The Morgan fingerprint density at radius 1 is 1.29 bits per heavy atom. The fraction of sp³-hybridized carbons (Fsp3) is 0.308. The van der Waals surface area contributed by atoms with Crippen molar-refractivity contribution in [3.63, 3.8) is 0 Å². The highest BCUT2D eigenvalue weighted by Crippen LogP contribution is 2.37. The van der Waals surface area contributed by atoms with Crippen LogP contribution >= 0.6 is 23.2 Å². The maximum atomic E-state index is 12.3. The molecule has 1 atom stereocenters. The van der Waals surface area contributed by atoms with Crippen molar-refractivity contribution in [3.8, 4) is 5.75 Å². The Balaban J connectivity index is 2.20. The molecule has 0 aliphatic heterocycles. The van der Waals surface area contributed by atoms with Crippen molar-refractivity contribution in [1.29, 1.82) is 0 Å². The van der Waals surface area contributed by atoms with E-state index in [4.69, 9.17) is 23.2 Å². The third kappa shape index (κ3) is 3.77. The smallest absolute Gasteiger partial charge is 0.387 e. The number of imidazole rings is 1. The molecule has 2 aromatic rings. The van der Waals surface area contributed by atoms with E-state index in [0.29, 0.717) is 5.69 Å². The van der Waals surface area contributed by atoms with Gasteiger partial charge in [0.25, 0.3) is 0 Å². The van der Waals surface area contributed by atoms with Gasteiger partial charge < -0.3 is 14.6 Å². The van der Waals surface area contributed by atoms with Gasteiger partial charge in [0.1, 0.15) is 5.82 Å². The lowest BCUT2D eigenvalue weighted by molar-refractivity contribution is -0.0497. The first-order chi connectivity index (χ1) is 9.88. The summed E-state index contributed by atoms with van der Waals surface area (Å²) in [5.74, 6) is 0.582. The second-order valence-corrected chi connectivity index (χ2v) is 5.22. The number of aromatic nitrogens is 2. The molecule has 0 spiro atoms. The number of halogens is 4. The van der Waals surface area contributed by atoms with E-state index in [1.165, 1.54) is 12.1 Å². The normalized spacial score (nSPS) is 12.5. The molecule has 0 aliphatic carbocycles. The Hall–Kier alpha value is -1.53. The van der Waals surface area contributed by atoms with Gasteiger partial charge >= 0.3 is 6.61 Å². The Morgan fingerprint density at radius 2 is 1.90 bits per heavy atom. The van der Waals surface area contributed by atoms with Crippen LogP contribution in [0.25, 0.3) is 0 Å². The molecule has 0 aliphatic rings. The maximum absolute atomic E-state index is 12.3. The molecule has 1 N–H and O–H groups in total. The van der Waals surface area contributed by atoms with Crippen molar-refractivity contribution in [2.45, 2.75) is 19.6 Å². The fourth-order valence-electron chi connectivity index (χ4n) is 1.95. The molecule has 0 radical (unpaired) electrons. The first-order valence-electron chi connectivity index (χ1n) is 6.06. The number of nitrogens with zero attached hydrogens (tertiary/aromatic N) is 2. The Morgan fingerprint density at radius 3 is 2.38 bits per heavy atom. The molecule has 4 nitrogen and oxygen atoms in total. The molecule has 0 saturated heterocycles. The average Bonchev–Trinajstić information content (AvgIpc) is 2.80. The summed E-state index contributed by atoms with van der Waals surface area (Å²) in [7, 11) is 1.88. The molecule has 114 valence electrons. The predicted octanol–water partition coefficient (Wildman–Crippen LogP) is 4.50. The van der Waals surface area contributed by atoms with Crippen molar-refractivity contribution in [3.05, 3.63) is 40.4 Å². The van der Waals surface area contributed by atoms with Crippen molar-refractivity contribution >= 4 is 28.9 Å². The molecule has 1 aromatic carbocycles. The lowest BCUT2D eigenvalue weighted by Crippen LogP contribution is -2.12. The topological polar surface area (TPSA) is 39.1 Å². The van der Waals surface area contributed by atoms with E-state index < -0.39 is 6.61 Å². The van der Waals surface area contributed by atoms with E-state index in [9.17, 15) is 8.78 Å². The number of anilines is 1. The van der Waals surface area contributed by atoms with Crippen LogP contribution in [0.1, 0.15) is 18.8 Å². The zero-order chi connectivity index (χ0) is 15.6. The van der Waals surface area contributed by atoms with Gasteiger partial charge in [0.05, 0.1) is 16.1 Å². The predicted molar refractivity (Wildman–Crippen MR) is 78.3 cm³/mol. The van der Waals surface area contributed by atoms with Gasteiger partial charge in [0.2, 0.25) is 0 Å². The molecule has 1 aromatic heterocycles. The molecule has 1 unspecified atom stereocenters. The van der Waals surface area contributed by atoms with Crippen LogP contribution in [0.5, 0.6) is 5.75 Å². The molecule has 0 saturated carbocycles. The summed E-state index contributed by atoms with van der Waals surface area (Å²) in [6, 6.07) is 2.84. The first kappa shape index (κ1) is 15.9. The van der Waals surface area contributed by atoms with Gasteiger partial charge in [-0.3, -0.25) is 0 Å². The Bertz CT molecular complexity index is 611. The molecule has 0 fully saturated rings. The minimum absolute atomic E-state index is 0.0114. The summed E-state index contributed by atoms with van der Waals surface area (Å²) in [5.41, 5.74) is 0.585. The number of hydrogen-bond acceptors (Lipinski definition) is 3.